The van der Waals surface area contributed by atoms with Gasteiger partial charge in [0.1, 0.15) is 0 Å². The van der Waals surface area contributed by atoms with E-state index >= 15 is 0 Å². The van der Waals surface area contributed by atoms with Crippen LogP contribution in [-0.2, 0) is 16.1 Å². The number of anilines is 2. The van der Waals surface area contributed by atoms with Crippen LogP contribution in [0, 0.1) is 17.8 Å². The number of rotatable bonds is 8. The van der Waals surface area contributed by atoms with Crippen molar-refractivity contribution in [2.24, 2.45) is 17.8 Å². The summed E-state index contributed by atoms with van der Waals surface area (Å²) >= 11 is 0. The van der Waals surface area contributed by atoms with Crippen LogP contribution in [-0.4, -0.2) is 17.7 Å². The highest BCUT2D eigenvalue weighted by molar-refractivity contribution is 5.98. The van der Waals surface area contributed by atoms with Crippen LogP contribution in [0.15, 0.2) is 48.5 Å². The average Bonchev–Trinajstić information content (AvgIpc) is 3.48. The highest BCUT2D eigenvalue weighted by atomic mass is 16.2. The van der Waals surface area contributed by atoms with Crippen LogP contribution in [0.5, 0.6) is 0 Å². The van der Waals surface area contributed by atoms with E-state index in [1.165, 1.54) is 0 Å². The summed E-state index contributed by atoms with van der Waals surface area (Å²) in [4.78, 5) is 36.7. The molecule has 6 heteroatoms. The van der Waals surface area contributed by atoms with Crippen molar-refractivity contribution in [2.45, 2.75) is 40.2 Å². The van der Waals surface area contributed by atoms with Crippen molar-refractivity contribution in [1.82, 2.24) is 5.32 Å². The quantitative estimate of drug-likeness (QED) is 0.613. The predicted octanol–water partition coefficient (Wildman–Crippen LogP) is 4.20. The van der Waals surface area contributed by atoms with E-state index in [1.807, 2.05) is 38.1 Å². The molecule has 3 N–H and O–H groups in total. The SMILES string of the molecule is CCC(C)C(=O)Nc1cccc(CNC(=O)c2cccc(NC(=O)C3CC3C)c2)c1. The van der Waals surface area contributed by atoms with E-state index in [-0.39, 0.29) is 29.6 Å². The first-order chi connectivity index (χ1) is 14.4. The van der Waals surface area contributed by atoms with E-state index in [0.717, 1.165) is 18.4 Å². The molecule has 2 aromatic carbocycles. The van der Waals surface area contributed by atoms with Crippen LogP contribution < -0.4 is 16.0 Å². The molecule has 3 atom stereocenters. The van der Waals surface area contributed by atoms with Crippen molar-refractivity contribution in [3.8, 4) is 0 Å². The van der Waals surface area contributed by atoms with Gasteiger partial charge in [-0.1, -0.05) is 39.0 Å². The van der Waals surface area contributed by atoms with E-state index in [9.17, 15) is 14.4 Å². The molecule has 3 amide bonds. The standard InChI is InChI=1S/C24H29N3O3/c1-4-15(2)22(28)26-19-9-5-7-17(12-19)14-25-23(29)18-8-6-10-20(13-18)27-24(30)21-11-16(21)3/h5-10,12-13,15-16,21H,4,11,14H2,1-3H3,(H,25,29)(H,26,28)(H,27,30). The molecule has 6 nitrogen and oxygen atoms in total. The molecule has 3 unspecified atom stereocenters. The Labute approximate surface area is 177 Å². The minimum Gasteiger partial charge on any atom is -0.348 e. The summed E-state index contributed by atoms with van der Waals surface area (Å²) in [6.45, 7) is 6.26. The Morgan fingerprint density at radius 1 is 1.03 bits per heavy atom. The molecule has 2 aromatic rings. The van der Waals surface area contributed by atoms with Gasteiger partial charge in [0.15, 0.2) is 0 Å². The summed E-state index contributed by atoms with van der Waals surface area (Å²) in [5, 5.41) is 8.68. The number of hydrogen-bond donors (Lipinski definition) is 3. The average molecular weight is 408 g/mol. The third-order valence-corrected chi connectivity index (χ3v) is 5.55. The summed E-state index contributed by atoms with van der Waals surface area (Å²) < 4.78 is 0. The van der Waals surface area contributed by atoms with Gasteiger partial charge in [-0.15, -0.1) is 0 Å². The van der Waals surface area contributed by atoms with Gasteiger partial charge in [-0.3, -0.25) is 14.4 Å². The number of amides is 3. The van der Waals surface area contributed by atoms with E-state index in [4.69, 9.17) is 0 Å². The van der Waals surface area contributed by atoms with Crippen molar-refractivity contribution < 1.29 is 14.4 Å². The molecule has 0 saturated heterocycles. The second kappa shape index (κ2) is 9.57. The second-order valence-electron chi connectivity index (χ2n) is 8.07. The fourth-order valence-corrected chi connectivity index (χ4v) is 3.15. The Hall–Kier alpha value is -3.15. The van der Waals surface area contributed by atoms with Crippen molar-refractivity contribution >= 4 is 29.1 Å². The molecule has 3 rings (SSSR count). The molecule has 158 valence electrons. The van der Waals surface area contributed by atoms with Crippen LogP contribution in [0.2, 0.25) is 0 Å². The zero-order chi connectivity index (χ0) is 21.7. The first-order valence-corrected chi connectivity index (χ1v) is 10.5. The second-order valence-corrected chi connectivity index (χ2v) is 8.07. The Morgan fingerprint density at radius 3 is 2.37 bits per heavy atom. The van der Waals surface area contributed by atoms with E-state index in [1.54, 1.807) is 24.3 Å². The van der Waals surface area contributed by atoms with Crippen LogP contribution in [0.4, 0.5) is 11.4 Å². The van der Waals surface area contributed by atoms with Gasteiger partial charge < -0.3 is 16.0 Å². The molecule has 0 bridgehead atoms. The van der Waals surface area contributed by atoms with Gasteiger partial charge >= 0.3 is 0 Å². The van der Waals surface area contributed by atoms with Gasteiger partial charge in [-0.25, -0.2) is 0 Å². The molecule has 1 aliphatic rings. The van der Waals surface area contributed by atoms with Crippen LogP contribution >= 0.6 is 0 Å². The van der Waals surface area contributed by atoms with Crippen LogP contribution in [0.3, 0.4) is 0 Å². The Kier molecular flexibility index (Phi) is 6.87. The molecular formula is C24H29N3O3. The molecule has 30 heavy (non-hydrogen) atoms. The van der Waals surface area contributed by atoms with E-state index < -0.39 is 0 Å². The number of carbonyl (C=O) groups is 3. The molecule has 0 spiro atoms. The van der Waals surface area contributed by atoms with Gasteiger partial charge in [0.05, 0.1) is 0 Å². The Bertz CT molecular complexity index is 941. The zero-order valence-electron chi connectivity index (χ0n) is 17.7. The minimum atomic E-state index is -0.222. The third-order valence-electron chi connectivity index (χ3n) is 5.55. The summed E-state index contributed by atoms with van der Waals surface area (Å²) in [6.07, 6.45) is 1.70. The Balaban J connectivity index is 1.56. The van der Waals surface area contributed by atoms with Gasteiger partial charge in [-0.05, 0) is 54.7 Å². The third kappa shape index (κ3) is 5.69. The summed E-state index contributed by atoms with van der Waals surface area (Å²) in [5.41, 5.74) is 2.71. The van der Waals surface area contributed by atoms with E-state index in [2.05, 4.69) is 22.9 Å². The number of hydrogen-bond acceptors (Lipinski definition) is 3. The maximum absolute atomic E-state index is 12.6. The molecule has 0 aliphatic heterocycles. The van der Waals surface area contributed by atoms with Gasteiger partial charge in [0, 0.05) is 35.3 Å². The fraction of sp³-hybridized carbons (Fsp3) is 0.375. The first kappa shape index (κ1) is 21.6. The molecule has 0 heterocycles. The van der Waals surface area contributed by atoms with Crippen molar-refractivity contribution in [1.29, 1.82) is 0 Å². The fourth-order valence-electron chi connectivity index (χ4n) is 3.15. The largest absolute Gasteiger partial charge is 0.348 e. The van der Waals surface area contributed by atoms with Crippen molar-refractivity contribution in [3.63, 3.8) is 0 Å². The normalized spacial score (nSPS) is 18.2. The maximum Gasteiger partial charge on any atom is 0.251 e. The van der Waals surface area contributed by atoms with Gasteiger partial charge in [0.2, 0.25) is 11.8 Å². The predicted molar refractivity (Wildman–Crippen MR) is 118 cm³/mol. The lowest BCUT2D eigenvalue weighted by Gasteiger charge is -2.12. The zero-order valence-corrected chi connectivity index (χ0v) is 17.7. The van der Waals surface area contributed by atoms with Gasteiger partial charge in [0.25, 0.3) is 5.91 Å². The molecule has 1 saturated carbocycles. The molecule has 0 radical (unpaired) electrons. The smallest absolute Gasteiger partial charge is 0.251 e. The first-order valence-electron chi connectivity index (χ1n) is 10.5. The summed E-state index contributed by atoms with van der Waals surface area (Å²) in [7, 11) is 0. The molecule has 0 aromatic heterocycles. The lowest BCUT2D eigenvalue weighted by atomic mass is 10.1. The number of nitrogens with one attached hydrogen (secondary N) is 3. The van der Waals surface area contributed by atoms with Crippen molar-refractivity contribution in [2.75, 3.05) is 10.6 Å². The Morgan fingerprint density at radius 2 is 1.70 bits per heavy atom. The van der Waals surface area contributed by atoms with Gasteiger partial charge in [-0.2, -0.15) is 0 Å². The highest BCUT2D eigenvalue weighted by Gasteiger charge is 2.39. The molecule has 1 aliphatic carbocycles. The van der Waals surface area contributed by atoms with Crippen LogP contribution in [0.25, 0.3) is 0 Å². The van der Waals surface area contributed by atoms with Crippen molar-refractivity contribution in [3.05, 3.63) is 59.7 Å². The van der Waals surface area contributed by atoms with E-state index in [0.29, 0.717) is 29.4 Å². The lowest BCUT2D eigenvalue weighted by molar-refractivity contribution is -0.119. The monoisotopic (exact) mass is 407 g/mol. The molecule has 1 fully saturated rings. The number of benzene rings is 2. The number of carbonyl (C=O) groups excluding carboxylic acids is 3. The molecular weight excluding hydrogens is 378 g/mol. The minimum absolute atomic E-state index is 0.0105. The highest BCUT2D eigenvalue weighted by Crippen LogP contribution is 2.38. The lowest BCUT2D eigenvalue weighted by Crippen LogP contribution is -2.23. The van der Waals surface area contributed by atoms with Crippen LogP contribution in [0.1, 0.15) is 49.5 Å². The topological polar surface area (TPSA) is 87.3 Å². The summed E-state index contributed by atoms with van der Waals surface area (Å²) in [6, 6.07) is 14.4. The summed E-state index contributed by atoms with van der Waals surface area (Å²) in [5.74, 6) is 0.233. The maximum atomic E-state index is 12.6.